The van der Waals surface area contributed by atoms with E-state index in [0.717, 1.165) is 6.54 Å². The van der Waals surface area contributed by atoms with E-state index in [0.29, 0.717) is 19.6 Å². The lowest BCUT2D eigenvalue weighted by Gasteiger charge is -2.25. The van der Waals surface area contributed by atoms with Crippen LogP contribution in [0.2, 0.25) is 0 Å². The van der Waals surface area contributed by atoms with E-state index in [4.69, 9.17) is 9.84 Å². The first-order valence-electron chi connectivity index (χ1n) is 5.86. The number of carbonyl (C=O) groups excluding carboxylic acids is 1. The molecule has 17 heavy (non-hydrogen) atoms. The van der Waals surface area contributed by atoms with Crippen molar-refractivity contribution in [3.63, 3.8) is 0 Å². The molecule has 0 spiro atoms. The second-order valence-corrected chi connectivity index (χ2v) is 4.59. The molecule has 1 rings (SSSR count). The molecule has 2 atom stereocenters. The third kappa shape index (κ3) is 4.70. The minimum atomic E-state index is -1.00. The maximum absolute atomic E-state index is 11.8. The second kappa shape index (κ2) is 6.56. The fourth-order valence-electron chi connectivity index (χ4n) is 1.69. The first-order chi connectivity index (χ1) is 8.00. The van der Waals surface area contributed by atoms with Gasteiger partial charge >= 0.3 is 5.97 Å². The standard InChI is InChI=1S/C11H20N2O4/c1-7(2)5-8(11(15)16)13-10(14)9-6-12-3-4-17-9/h7-9,12H,3-6H2,1-2H3,(H,13,14)(H,15,16)/t8-,9?/m0/s1. The molecular weight excluding hydrogens is 224 g/mol. The van der Waals surface area contributed by atoms with E-state index >= 15 is 0 Å². The maximum atomic E-state index is 11.8. The topological polar surface area (TPSA) is 87.7 Å². The number of aliphatic carboxylic acids is 1. The number of morpholine rings is 1. The first-order valence-corrected chi connectivity index (χ1v) is 5.86. The molecule has 1 aliphatic rings. The highest BCUT2D eigenvalue weighted by atomic mass is 16.5. The normalized spacial score (nSPS) is 22.2. The molecule has 1 heterocycles. The van der Waals surface area contributed by atoms with Crippen LogP contribution < -0.4 is 10.6 Å². The van der Waals surface area contributed by atoms with Gasteiger partial charge in [0, 0.05) is 13.1 Å². The molecule has 3 N–H and O–H groups in total. The average Bonchev–Trinajstić information content (AvgIpc) is 2.28. The quantitative estimate of drug-likeness (QED) is 0.612. The first kappa shape index (κ1) is 13.9. The van der Waals surface area contributed by atoms with E-state index in [-0.39, 0.29) is 11.8 Å². The molecule has 0 aromatic heterocycles. The molecule has 0 aliphatic carbocycles. The summed E-state index contributed by atoms with van der Waals surface area (Å²) in [6.07, 6.45) is -0.168. The maximum Gasteiger partial charge on any atom is 0.326 e. The second-order valence-electron chi connectivity index (χ2n) is 4.59. The van der Waals surface area contributed by atoms with E-state index in [1.165, 1.54) is 0 Å². The summed E-state index contributed by atoms with van der Waals surface area (Å²) in [5, 5.41) is 14.5. The number of rotatable bonds is 5. The Balaban J connectivity index is 2.47. The van der Waals surface area contributed by atoms with Gasteiger partial charge in [-0.3, -0.25) is 4.79 Å². The van der Waals surface area contributed by atoms with Crippen molar-refractivity contribution < 1.29 is 19.4 Å². The summed E-state index contributed by atoms with van der Waals surface area (Å²) in [6.45, 7) is 5.46. The Morgan fingerprint density at radius 3 is 2.71 bits per heavy atom. The van der Waals surface area contributed by atoms with Crippen LogP contribution in [0.25, 0.3) is 0 Å². The molecule has 1 fully saturated rings. The number of carbonyl (C=O) groups is 2. The van der Waals surface area contributed by atoms with Crippen molar-refractivity contribution in [2.24, 2.45) is 5.92 Å². The van der Waals surface area contributed by atoms with Gasteiger partial charge in [0.15, 0.2) is 0 Å². The van der Waals surface area contributed by atoms with Crippen molar-refractivity contribution in [3.05, 3.63) is 0 Å². The predicted octanol–water partition coefficient (Wildman–Crippen LogP) is -0.410. The lowest BCUT2D eigenvalue weighted by molar-refractivity contribution is -0.145. The Hall–Kier alpha value is -1.14. The summed E-state index contributed by atoms with van der Waals surface area (Å²) in [4.78, 5) is 22.7. The lowest BCUT2D eigenvalue weighted by atomic mass is 10.0. The largest absolute Gasteiger partial charge is 0.480 e. The van der Waals surface area contributed by atoms with Crippen LogP contribution >= 0.6 is 0 Å². The molecule has 6 heteroatoms. The van der Waals surface area contributed by atoms with Crippen LogP contribution in [0.3, 0.4) is 0 Å². The molecule has 0 saturated carbocycles. The van der Waals surface area contributed by atoms with Crippen molar-refractivity contribution in [1.82, 2.24) is 10.6 Å². The highest BCUT2D eigenvalue weighted by Gasteiger charge is 2.27. The number of ether oxygens (including phenoxy) is 1. The fraction of sp³-hybridized carbons (Fsp3) is 0.818. The van der Waals surface area contributed by atoms with Gasteiger partial charge < -0.3 is 20.5 Å². The van der Waals surface area contributed by atoms with E-state index in [2.05, 4.69) is 10.6 Å². The zero-order chi connectivity index (χ0) is 12.8. The third-order valence-electron chi connectivity index (χ3n) is 2.54. The summed E-state index contributed by atoms with van der Waals surface area (Å²) in [7, 11) is 0. The van der Waals surface area contributed by atoms with Crippen molar-refractivity contribution in [3.8, 4) is 0 Å². The Bertz CT molecular complexity index is 275. The van der Waals surface area contributed by atoms with Crippen LogP contribution in [0.1, 0.15) is 20.3 Å². The van der Waals surface area contributed by atoms with E-state index in [1.807, 2.05) is 13.8 Å². The molecule has 0 radical (unpaired) electrons. The number of hydrogen-bond acceptors (Lipinski definition) is 4. The van der Waals surface area contributed by atoms with Crippen molar-refractivity contribution in [2.75, 3.05) is 19.7 Å². The van der Waals surface area contributed by atoms with Gasteiger partial charge in [0.05, 0.1) is 6.61 Å². The molecule has 1 aliphatic heterocycles. The lowest BCUT2D eigenvalue weighted by Crippen LogP contribution is -2.52. The summed E-state index contributed by atoms with van der Waals surface area (Å²) >= 11 is 0. The van der Waals surface area contributed by atoms with Gasteiger partial charge in [-0.05, 0) is 12.3 Å². The van der Waals surface area contributed by atoms with Crippen LogP contribution in [0, 0.1) is 5.92 Å². The molecule has 1 amide bonds. The molecule has 0 aromatic rings. The summed E-state index contributed by atoms with van der Waals surface area (Å²) in [5.74, 6) is -1.15. The van der Waals surface area contributed by atoms with Crippen molar-refractivity contribution in [2.45, 2.75) is 32.4 Å². The highest BCUT2D eigenvalue weighted by Crippen LogP contribution is 2.06. The summed E-state index contributed by atoms with van der Waals surface area (Å²) in [6, 6.07) is -0.840. The molecule has 0 aromatic carbocycles. The molecule has 98 valence electrons. The summed E-state index contributed by atoms with van der Waals surface area (Å²) < 4.78 is 5.26. The zero-order valence-corrected chi connectivity index (χ0v) is 10.2. The molecule has 1 unspecified atom stereocenters. The Kier molecular flexibility index (Phi) is 5.37. The molecular formula is C11H20N2O4. The van der Waals surface area contributed by atoms with Crippen LogP contribution in [0.4, 0.5) is 0 Å². The van der Waals surface area contributed by atoms with E-state index in [1.54, 1.807) is 0 Å². The van der Waals surface area contributed by atoms with Gasteiger partial charge in [-0.15, -0.1) is 0 Å². The minimum absolute atomic E-state index is 0.210. The molecule has 1 saturated heterocycles. The van der Waals surface area contributed by atoms with Gasteiger partial charge in [0.2, 0.25) is 0 Å². The van der Waals surface area contributed by atoms with Crippen LogP contribution in [0.5, 0.6) is 0 Å². The number of hydrogen-bond donors (Lipinski definition) is 3. The number of carboxylic acid groups (broad SMARTS) is 1. The Morgan fingerprint density at radius 1 is 1.53 bits per heavy atom. The van der Waals surface area contributed by atoms with Gasteiger partial charge in [0.25, 0.3) is 5.91 Å². The van der Waals surface area contributed by atoms with Gasteiger partial charge in [-0.1, -0.05) is 13.8 Å². The predicted molar refractivity (Wildman–Crippen MR) is 61.6 cm³/mol. The summed E-state index contributed by atoms with van der Waals surface area (Å²) in [5.41, 5.74) is 0. The number of nitrogens with one attached hydrogen (secondary N) is 2. The van der Waals surface area contributed by atoms with E-state index < -0.39 is 18.1 Å². The smallest absolute Gasteiger partial charge is 0.326 e. The van der Waals surface area contributed by atoms with Crippen molar-refractivity contribution >= 4 is 11.9 Å². The minimum Gasteiger partial charge on any atom is -0.480 e. The Morgan fingerprint density at radius 2 is 2.24 bits per heavy atom. The third-order valence-corrected chi connectivity index (χ3v) is 2.54. The van der Waals surface area contributed by atoms with Crippen LogP contribution in [0.15, 0.2) is 0 Å². The van der Waals surface area contributed by atoms with Gasteiger partial charge in [-0.25, -0.2) is 4.79 Å². The monoisotopic (exact) mass is 244 g/mol. The Labute approximate surface area is 101 Å². The SMILES string of the molecule is CC(C)C[C@H](NC(=O)C1CNCCO1)C(=O)O. The fourth-order valence-corrected chi connectivity index (χ4v) is 1.69. The van der Waals surface area contributed by atoms with Crippen LogP contribution in [-0.2, 0) is 14.3 Å². The number of carboxylic acids is 1. The average molecular weight is 244 g/mol. The molecule has 6 nitrogen and oxygen atoms in total. The van der Waals surface area contributed by atoms with Crippen LogP contribution in [-0.4, -0.2) is 48.8 Å². The zero-order valence-electron chi connectivity index (χ0n) is 10.2. The van der Waals surface area contributed by atoms with E-state index in [9.17, 15) is 9.59 Å². The van der Waals surface area contributed by atoms with Crippen molar-refractivity contribution in [1.29, 1.82) is 0 Å². The highest BCUT2D eigenvalue weighted by molar-refractivity contribution is 5.86. The molecule has 0 bridgehead atoms. The van der Waals surface area contributed by atoms with Gasteiger partial charge in [0.1, 0.15) is 12.1 Å². The van der Waals surface area contributed by atoms with Gasteiger partial charge in [-0.2, -0.15) is 0 Å². The number of amides is 1.